The lowest BCUT2D eigenvalue weighted by Crippen LogP contribution is -2.34. The van der Waals surface area contributed by atoms with Crippen LogP contribution in [0.4, 0.5) is 5.00 Å². The van der Waals surface area contributed by atoms with Crippen molar-refractivity contribution in [2.45, 2.75) is 38.6 Å². The number of nitrogens with one attached hydrogen (secondary N) is 1. The van der Waals surface area contributed by atoms with Gasteiger partial charge in [-0.15, -0.1) is 23.1 Å². The minimum atomic E-state index is -0.437. The molecule has 1 aliphatic rings. The summed E-state index contributed by atoms with van der Waals surface area (Å²) in [5.74, 6) is 0.159. The number of hydrogen-bond acceptors (Lipinski definition) is 6. The number of fused-ring (bicyclic) bond motifs is 1. The number of esters is 1. The van der Waals surface area contributed by atoms with Crippen LogP contribution in [0.3, 0.4) is 0 Å². The van der Waals surface area contributed by atoms with E-state index in [9.17, 15) is 14.4 Å². The molecule has 0 saturated carbocycles. The summed E-state index contributed by atoms with van der Waals surface area (Å²) in [5.41, 5.74) is 1.87. The van der Waals surface area contributed by atoms with E-state index < -0.39 is 5.97 Å². The normalized spacial score (nSPS) is 13.0. The van der Waals surface area contributed by atoms with Gasteiger partial charge < -0.3 is 15.0 Å². The third kappa shape index (κ3) is 4.64. The van der Waals surface area contributed by atoms with Crippen molar-refractivity contribution in [2.75, 3.05) is 24.2 Å². The fourth-order valence-corrected chi connectivity index (χ4v) is 5.33. The number of hydrogen-bond donors (Lipinski definition) is 1. The third-order valence-corrected chi connectivity index (χ3v) is 6.73. The van der Waals surface area contributed by atoms with Crippen LogP contribution in [-0.4, -0.2) is 41.6 Å². The second-order valence-electron chi connectivity index (χ2n) is 6.50. The van der Waals surface area contributed by atoms with E-state index in [0.717, 1.165) is 21.1 Å². The number of rotatable bonds is 6. The third-order valence-electron chi connectivity index (χ3n) is 4.64. The highest BCUT2D eigenvalue weighted by Gasteiger charge is 2.30. The first kappa shape index (κ1) is 21.4. The standard InChI is InChI=1S/C21H24N2O4S2/c1-4-27-21(26)18-14-10-11-23(13(3)24)12-17(14)29-20(18)22-19(25)15-8-6-7-9-16(15)28-5-2/h6-9H,4-5,10-12H2,1-3H3,(H,22,25). The second kappa shape index (κ2) is 9.45. The molecule has 2 aromatic rings. The Morgan fingerprint density at radius 3 is 2.69 bits per heavy atom. The molecule has 1 N–H and O–H groups in total. The molecule has 0 fully saturated rings. The largest absolute Gasteiger partial charge is 0.462 e. The monoisotopic (exact) mass is 432 g/mol. The van der Waals surface area contributed by atoms with Crippen molar-refractivity contribution in [1.82, 2.24) is 4.90 Å². The molecule has 2 amide bonds. The number of thioether (sulfide) groups is 1. The van der Waals surface area contributed by atoms with Gasteiger partial charge in [-0.2, -0.15) is 0 Å². The maximum atomic E-state index is 13.0. The molecule has 1 aliphatic heterocycles. The highest BCUT2D eigenvalue weighted by atomic mass is 32.2. The van der Waals surface area contributed by atoms with Crippen molar-refractivity contribution in [3.63, 3.8) is 0 Å². The highest BCUT2D eigenvalue weighted by Crippen LogP contribution is 2.38. The van der Waals surface area contributed by atoms with E-state index in [0.29, 0.717) is 35.6 Å². The number of benzene rings is 1. The van der Waals surface area contributed by atoms with Gasteiger partial charge in [-0.25, -0.2) is 4.79 Å². The van der Waals surface area contributed by atoms with E-state index in [4.69, 9.17) is 4.74 Å². The molecule has 0 atom stereocenters. The summed E-state index contributed by atoms with van der Waals surface area (Å²) in [6.45, 7) is 6.58. The molecule has 6 nitrogen and oxygen atoms in total. The van der Waals surface area contributed by atoms with Crippen LogP contribution < -0.4 is 5.32 Å². The number of nitrogens with zero attached hydrogens (tertiary/aromatic N) is 1. The molecule has 2 heterocycles. The van der Waals surface area contributed by atoms with Gasteiger partial charge in [-0.05, 0) is 36.8 Å². The molecular formula is C21H24N2O4S2. The lowest BCUT2D eigenvalue weighted by Gasteiger charge is -2.25. The lowest BCUT2D eigenvalue weighted by atomic mass is 10.0. The van der Waals surface area contributed by atoms with Gasteiger partial charge in [0.25, 0.3) is 5.91 Å². The first-order chi connectivity index (χ1) is 14.0. The molecule has 1 aromatic carbocycles. The van der Waals surface area contributed by atoms with Gasteiger partial charge in [0, 0.05) is 23.2 Å². The van der Waals surface area contributed by atoms with Gasteiger partial charge in [-0.3, -0.25) is 9.59 Å². The number of thiophene rings is 1. The molecule has 0 unspecified atom stereocenters. The van der Waals surface area contributed by atoms with Crippen LogP contribution in [0.15, 0.2) is 29.2 Å². The average Bonchev–Trinajstić information content (AvgIpc) is 3.05. The predicted octanol–water partition coefficient (Wildman–Crippen LogP) is 4.19. The molecule has 0 bridgehead atoms. The maximum Gasteiger partial charge on any atom is 0.341 e. The summed E-state index contributed by atoms with van der Waals surface area (Å²) in [4.78, 5) is 41.0. The zero-order chi connectivity index (χ0) is 21.0. The molecule has 0 aliphatic carbocycles. The Balaban J connectivity index is 1.95. The fourth-order valence-electron chi connectivity index (χ4n) is 3.29. The summed E-state index contributed by atoms with van der Waals surface area (Å²) in [6, 6.07) is 7.42. The maximum absolute atomic E-state index is 13.0. The van der Waals surface area contributed by atoms with E-state index in [-0.39, 0.29) is 18.4 Å². The van der Waals surface area contributed by atoms with Crippen LogP contribution in [-0.2, 0) is 22.5 Å². The van der Waals surface area contributed by atoms with Gasteiger partial charge >= 0.3 is 5.97 Å². The zero-order valence-electron chi connectivity index (χ0n) is 16.7. The first-order valence-corrected chi connectivity index (χ1v) is 11.4. The van der Waals surface area contributed by atoms with Crippen molar-refractivity contribution < 1.29 is 19.1 Å². The Hall–Kier alpha value is -2.32. The summed E-state index contributed by atoms with van der Waals surface area (Å²) in [5, 5.41) is 3.41. The first-order valence-electron chi connectivity index (χ1n) is 9.56. The van der Waals surface area contributed by atoms with Gasteiger partial charge in [0.2, 0.25) is 5.91 Å². The molecule has 8 heteroatoms. The minimum absolute atomic E-state index is 0.00200. The van der Waals surface area contributed by atoms with Crippen LogP contribution in [0.25, 0.3) is 0 Å². The van der Waals surface area contributed by atoms with Gasteiger partial charge in [0.1, 0.15) is 5.00 Å². The SMILES string of the molecule is CCOC(=O)c1c(NC(=O)c2ccccc2SCC)sc2c1CCN(C(C)=O)C2. The van der Waals surface area contributed by atoms with Crippen molar-refractivity contribution in [3.05, 3.63) is 45.8 Å². The summed E-state index contributed by atoms with van der Waals surface area (Å²) >= 11 is 2.94. The molecular weight excluding hydrogens is 408 g/mol. The second-order valence-corrected chi connectivity index (χ2v) is 8.91. The Morgan fingerprint density at radius 1 is 1.24 bits per heavy atom. The summed E-state index contributed by atoms with van der Waals surface area (Å²) < 4.78 is 5.25. The molecule has 0 spiro atoms. The van der Waals surface area contributed by atoms with Gasteiger partial charge in [-0.1, -0.05) is 19.1 Å². The highest BCUT2D eigenvalue weighted by molar-refractivity contribution is 7.99. The van der Waals surface area contributed by atoms with Crippen LogP contribution >= 0.6 is 23.1 Å². The number of amides is 2. The minimum Gasteiger partial charge on any atom is -0.462 e. The van der Waals surface area contributed by atoms with E-state index in [1.165, 1.54) is 18.3 Å². The van der Waals surface area contributed by atoms with Crippen LogP contribution in [0.5, 0.6) is 0 Å². The average molecular weight is 433 g/mol. The molecule has 3 rings (SSSR count). The van der Waals surface area contributed by atoms with Gasteiger partial charge in [0.15, 0.2) is 0 Å². The Labute approximate surface area is 178 Å². The number of carbonyl (C=O) groups is 3. The fraction of sp³-hybridized carbons (Fsp3) is 0.381. The Bertz CT molecular complexity index is 939. The van der Waals surface area contributed by atoms with Crippen LogP contribution in [0.1, 0.15) is 51.9 Å². The molecule has 0 radical (unpaired) electrons. The zero-order valence-corrected chi connectivity index (χ0v) is 18.4. The van der Waals surface area contributed by atoms with E-state index in [2.05, 4.69) is 5.32 Å². The Morgan fingerprint density at radius 2 is 2.00 bits per heavy atom. The van der Waals surface area contributed by atoms with Crippen LogP contribution in [0.2, 0.25) is 0 Å². The predicted molar refractivity (Wildman–Crippen MR) is 116 cm³/mol. The molecule has 29 heavy (non-hydrogen) atoms. The van der Waals surface area contributed by atoms with Gasteiger partial charge in [0.05, 0.1) is 24.3 Å². The van der Waals surface area contributed by atoms with Crippen molar-refractivity contribution >= 4 is 45.9 Å². The van der Waals surface area contributed by atoms with Crippen LogP contribution in [0, 0.1) is 0 Å². The van der Waals surface area contributed by atoms with Crippen molar-refractivity contribution in [3.8, 4) is 0 Å². The molecule has 154 valence electrons. The van der Waals surface area contributed by atoms with E-state index in [1.54, 1.807) is 29.7 Å². The quantitative estimate of drug-likeness (QED) is 0.547. The molecule has 1 aromatic heterocycles. The number of carbonyl (C=O) groups excluding carboxylic acids is 3. The number of ether oxygens (including phenoxy) is 1. The molecule has 0 saturated heterocycles. The van der Waals surface area contributed by atoms with Crippen molar-refractivity contribution in [2.24, 2.45) is 0 Å². The Kier molecular flexibility index (Phi) is 6.97. The number of anilines is 1. The summed E-state index contributed by atoms with van der Waals surface area (Å²) in [7, 11) is 0. The van der Waals surface area contributed by atoms with Crippen molar-refractivity contribution in [1.29, 1.82) is 0 Å². The van der Waals surface area contributed by atoms with E-state index >= 15 is 0 Å². The lowest BCUT2D eigenvalue weighted by molar-refractivity contribution is -0.129. The van der Waals surface area contributed by atoms with E-state index in [1.807, 2.05) is 25.1 Å². The summed E-state index contributed by atoms with van der Waals surface area (Å²) in [6.07, 6.45) is 0.567. The smallest absolute Gasteiger partial charge is 0.341 e. The topological polar surface area (TPSA) is 75.7 Å².